The largest absolute Gasteiger partial charge is 0.402 e. The van der Waals surface area contributed by atoms with Crippen LogP contribution >= 0.6 is 0 Å². The van der Waals surface area contributed by atoms with Gasteiger partial charge in [0.2, 0.25) is 0 Å². The second kappa shape index (κ2) is 2.66. The molecule has 0 aromatic carbocycles. The van der Waals surface area contributed by atoms with Crippen LogP contribution in [0.4, 0.5) is 0 Å². The van der Waals surface area contributed by atoms with Crippen LogP contribution in [0.25, 0.3) is 0 Å². The molecule has 0 aliphatic rings. The molecule has 11 heavy (non-hydrogen) atoms. The van der Waals surface area contributed by atoms with Crippen LogP contribution in [-0.4, -0.2) is 30.8 Å². The molecule has 52 valence electrons. The number of hydrogen-bond acceptors (Lipinski definition) is 3. The first kappa shape index (κ1) is 8.27. The Bertz CT molecular complexity index is 242. The van der Waals surface area contributed by atoms with Crippen molar-refractivity contribution in [2.24, 2.45) is 0 Å². The quantitative estimate of drug-likeness (QED) is 0.526. The van der Waals surface area contributed by atoms with Crippen LogP contribution in [-0.2, 0) is 5.40 Å². The van der Waals surface area contributed by atoms with Gasteiger partial charge in [0.1, 0.15) is 21.5 Å². The van der Waals surface area contributed by atoms with Gasteiger partial charge in [-0.05, 0) is 12.5 Å². The molecular formula is C6H6B2N2O. The Balaban J connectivity index is 2.99. The smallest absolute Gasteiger partial charge is 0.140 e. The lowest BCUT2D eigenvalue weighted by Crippen LogP contribution is -2.28. The molecule has 4 radical (unpaired) electrons. The number of aromatic nitrogens is 2. The highest BCUT2D eigenvalue weighted by molar-refractivity contribution is 6.38. The highest BCUT2D eigenvalue weighted by atomic mass is 16.3. The van der Waals surface area contributed by atoms with Gasteiger partial charge in [0.05, 0.1) is 0 Å². The molecule has 1 aromatic rings. The summed E-state index contributed by atoms with van der Waals surface area (Å²) in [6.45, 7) is 1.83. The minimum absolute atomic E-state index is 0.0168. The number of hydrogen-bond donors (Lipinski definition) is 1. The lowest BCUT2D eigenvalue weighted by atomic mass is 9.65. The van der Waals surface area contributed by atoms with E-state index in [-0.39, 0.29) is 5.82 Å². The molecule has 0 aliphatic carbocycles. The molecule has 0 atom stereocenters. The third kappa shape index (κ3) is 2.05. The fourth-order valence-corrected chi connectivity index (χ4v) is 0.599. The average Bonchev–Trinajstić information content (AvgIpc) is 1.86. The highest BCUT2D eigenvalue weighted by Gasteiger charge is 2.17. The van der Waals surface area contributed by atoms with Crippen LogP contribution in [0.5, 0.6) is 0 Å². The second-order valence-electron chi connectivity index (χ2n) is 2.41. The summed E-state index contributed by atoms with van der Waals surface area (Å²) in [6, 6.07) is 0. The Morgan fingerprint density at radius 1 is 1.36 bits per heavy atom. The normalized spacial score (nSPS) is 11.5. The van der Waals surface area contributed by atoms with Crippen molar-refractivity contribution in [2.75, 3.05) is 0 Å². The fraction of sp³-hybridized carbons (Fsp3) is 0.333. The second-order valence-corrected chi connectivity index (χ2v) is 2.41. The van der Waals surface area contributed by atoms with E-state index < -0.39 is 5.40 Å². The van der Waals surface area contributed by atoms with Crippen molar-refractivity contribution in [3.63, 3.8) is 0 Å². The summed E-state index contributed by atoms with van der Waals surface area (Å²) in [5.74, 6) is 0.0168. The molecule has 0 spiro atoms. The van der Waals surface area contributed by atoms with Crippen molar-refractivity contribution < 1.29 is 5.11 Å². The first-order valence-corrected chi connectivity index (χ1v) is 3.09. The van der Waals surface area contributed by atoms with Crippen molar-refractivity contribution in [1.29, 1.82) is 0 Å². The van der Waals surface area contributed by atoms with Gasteiger partial charge in [-0.3, -0.25) is 0 Å². The van der Waals surface area contributed by atoms with Gasteiger partial charge < -0.3 is 5.11 Å². The number of nitrogens with zero attached hydrogens (tertiary/aromatic N) is 2. The summed E-state index contributed by atoms with van der Waals surface area (Å²) in [4.78, 5) is 7.48. The molecule has 0 fully saturated rings. The first-order chi connectivity index (χ1) is 5.00. The topological polar surface area (TPSA) is 46.0 Å². The summed E-state index contributed by atoms with van der Waals surface area (Å²) in [7, 11) is 10.2. The van der Waals surface area contributed by atoms with E-state index in [1.165, 1.54) is 12.4 Å². The van der Waals surface area contributed by atoms with Gasteiger partial charge in [0, 0.05) is 17.8 Å². The zero-order valence-corrected chi connectivity index (χ0v) is 6.15. The molecule has 1 heterocycles. The van der Waals surface area contributed by atoms with E-state index in [0.29, 0.717) is 0 Å². The van der Waals surface area contributed by atoms with Gasteiger partial charge in [-0.25, -0.2) is 9.97 Å². The molecule has 1 rings (SSSR count). The Hall–Kier alpha value is -0.830. The maximum Gasteiger partial charge on any atom is 0.140 e. The lowest BCUT2D eigenvalue weighted by Gasteiger charge is -2.15. The molecule has 0 saturated carbocycles. The number of aliphatic hydroxyl groups is 1. The minimum Gasteiger partial charge on any atom is -0.402 e. The summed E-state index contributed by atoms with van der Waals surface area (Å²) >= 11 is 0. The van der Waals surface area contributed by atoms with Gasteiger partial charge in [0.25, 0.3) is 0 Å². The van der Waals surface area contributed by atoms with Crippen LogP contribution in [0.15, 0.2) is 12.4 Å². The van der Waals surface area contributed by atoms with Crippen LogP contribution in [0.1, 0.15) is 11.4 Å². The van der Waals surface area contributed by atoms with E-state index >= 15 is 0 Å². The summed E-state index contributed by atoms with van der Waals surface area (Å²) in [5, 5.41) is 7.07. The molecule has 0 saturated heterocycles. The van der Waals surface area contributed by atoms with Crippen molar-refractivity contribution in [1.82, 2.24) is 9.97 Å². The van der Waals surface area contributed by atoms with Crippen LogP contribution in [0.3, 0.4) is 0 Å². The standard InChI is InChI=1S/C6H6B2N2O/c1-4-2-9-5(10-3-4)6(7,8)11/h2-3,11H,1H3. The molecule has 5 heteroatoms. The summed E-state index contributed by atoms with van der Waals surface area (Å²) in [5.41, 5.74) is 0.887. The van der Waals surface area contributed by atoms with Gasteiger partial charge in [-0.15, -0.1) is 0 Å². The van der Waals surface area contributed by atoms with E-state index in [0.717, 1.165) is 5.56 Å². The zero-order valence-electron chi connectivity index (χ0n) is 6.15. The SMILES string of the molecule is [B]C([B])(O)c1ncc(C)cn1. The molecule has 1 aromatic heterocycles. The maximum atomic E-state index is 9.01. The third-order valence-electron chi connectivity index (χ3n) is 1.14. The predicted octanol–water partition coefficient (Wildman–Crippen LogP) is -0.775. The van der Waals surface area contributed by atoms with Gasteiger partial charge in [-0.2, -0.15) is 0 Å². The molecular weight excluding hydrogens is 138 g/mol. The van der Waals surface area contributed by atoms with E-state index in [4.69, 9.17) is 20.8 Å². The Morgan fingerprint density at radius 2 is 1.82 bits per heavy atom. The van der Waals surface area contributed by atoms with Crippen molar-refractivity contribution in [3.8, 4) is 0 Å². The molecule has 0 unspecified atom stereocenters. The monoisotopic (exact) mass is 144 g/mol. The van der Waals surface area contributed by atoms with Crippen LogP contribution < -0.4 is 0 Å². The molecule has 0 amide bonds. The summed E-state index contributed by atoms with van der Waals surface area (Å²) < 4.78 is 0. The molecule has 0 bridgehead atoms. The molecule has 1 N–H and O–H groups in total. The van der Waals surface area contributed by atoms with Crippen molar-refractivity contribution in [3.05, 3.63) is 23.8 Å². The third-order valence-corrected chi connectivity index (χ3v) is 1.14. The Morgan fingerprint density at radius 3 is 2.18 bits per heavy atom. The number of aryl methyl sites for hydroxylation is 1. The van der Waals surface area contributed by atoms with E-state index in [1.807, 2.05) is 6.92 Å². The minimum atomic E-state index is -1.94. The van der Waals surface area contributed by atoms with Crippen molar-refractivity contribution >= 4 is 15.7 Å². The van der Waals surface area contributed by atoms with E-state index in [9.17, 15) is 0 Å². The highest BCUT2D eigenvalue weighted by Crippen LogP contribution is 2.06. The van der Waals surface area contributed by atoms with Crippen LogP contribution in [0.2, 0.25) is 0 Å². The Kier molecular flexibility index (Phi) is 2.00. The van der Waals surface area contributed by atoms with Crippen molar-refractivity contribution in [2.45, 2.75) is 12.3 Å². The molecule has 3 nitrogen and oxygen atoms in total. The van der Waals surface area contributed by atoms with Gasteiger partial charge in [0.15, 0.2) is 0 Å². The maximum absolute atomic E-state index is 9.01. The molecule has 0 aliphatic heterocycles. The first-order valence-electron chi connectivity index (χ1n) is 3.09. The fourth-order valence-electron chi connectivity index (χ4n) is 0.599. The van der Waals surface area contributed by atoms with Gasteiger partial charge >= 0.3 is 0 Å². The van der Waals surface area contributed by atoms with E-state index in [1.54, 1.807) is 0 Å². The van der Waals surface area contributed by atoms with Gasteiger partial charge in [-0.1, -0.05) is 0 Å². The number of rotatable bonds is 1. The van der Waals surface area contributed by atoms with Crippen LogP contribution in [0, 0.1) is 6.92 Å². The van der Waals surface area contributed by atoms with E-state index in [2.05, 4.69) is 9.97 Å². The predicted molar refractivity (Wildman–Crippen MR) is 42.2 cm³/mol. The average molecular weight is 144 g/mol. The summed E-state index contributed by atoms with van der Waals surface area (Å²) in [6.07, 6.45) is 3.07. The lowest BCUT2D eigenvalue weighted by molar-refractivity contribution is 0.206. The zero-order chi connectivity index (χ0) is 8.48. The Labute approximate surface area is 67.7 Å².